The Balaban J connectivity index is 1.27. The summed E-state index contributed by atoms with van der Waals surface area (Å²) in [6.45, 7) is 1.96. The van der Waals surface area contributed by atoms with Gasteiger partial charge in [-0.3, -0.25) is 4.99 Å². The number of hydrogen-bond acceptors (Lipinski definition) is 3. The molecule has 0 spiro atoms. The number of aromatic nitrogens is 1. The summed E-state index contributed by atoms with van der Waals surface area (Å²) in [6.07, 6.45) is 4.87. The first kappa shape index (κ1) is 17.8. The van der Waals surface area contributed by atoms with Gasteiger partial charge >= 0.3 is 0 Å². The molecular formula is C21H26FN5. The zero-order valence-corrected chi connectivity index (χ0v) is 15.6. The Morgan fingerprint density at radius 3 is 2.59 bits per heavy atom. The molecule has 5 nitrogen and oxygen atoms in total. The van der Waals surface area contributed by atoms with E-state index in [-0.39, 0.29) is 17.8 Å². The lowest BCUT2D eigenvalue weighted by Gasteiger charge is -2.33. The third-order valence-electron chi connectivity index (χ3n) is 5.45. The van der Waals surface area contributed by atoms with Crippen molar-refractivity contribution >= 4 is 11.8 Å². The second kappa shape index (κ2) is 7.94. The molecule has 4 rings (SSSR count). The molecule has 2 unspecified atom stereocenters. The first-order valence-corrected chi connectivity index (χ1v) is 9.65. The molecule has 6 heteroatoms. The van der Waals surface area contributed by atoms with Crippen molar-refractivity contribution in [1.82, 2.24) is 15.6 Å². The maximum atomic E-state index is 13.9. The van der Waals surface area contributed by atoms with Crippen molar-refractivity contribution in [1.29, 1.82) is 0 Å². The minimum atomic E-state index is -0.114. The van der Waals surface area contributed by atoms with E-state index in [1.54, 1.807) is 13.1 Å². The number of hydrogen-bond donors (Lipinski definition) is 2. The molecule has 2 N–H and O–H groups in total. The van der Waals surface area contributed by atoms with Gasteiger partial charge in [-0.15, -0.1) is 0 Å². The number of piperidine rings is 1. The highest BCUT2D eigenvalue weighted by atomic mass is 19.1. The molecule has 2 aliphatic rings. The molecular weight excluding hydrogens is 341 g/mol. The molecule has 1 saturated carbocycles. The quantitative estimate of drug-likeness (QED) is 0.644. The summed E-state index contributed by atoms with van der Waals surface area (Å²) >= 11 is 0. The Morgan fingerprint density at radius 1 is 1.11 bits per heavy atom. The van der Waals surface area contributed by atoms with Gasteiger partial charge in [0.05, 0.1) is 0 Å². The van der Waals surface area contributed by atoms with Crippen LogP contribution in [0, 0.1) is 5.82 Å². The lowest BCUT2D eigenvalue weighted by Crippen LogP contribution is -2.49. The van der Waals surface area contributed by atoms with E-state index >= 15 is 0 Å². The average molecular weight is 367 g/mol. The number of nitrogens with zero attached hydrogens (tertiary/aromatic N) is 3. The largest absolute Gasteiger partial charge is 0.356 e. The third-order valence-corrected chi connectivity index (χ3v) is 5.45. The number of benzene rings is 1. The zero-order valence-electron chi connectivity index (χ0n) is 15.6. The fourth-order valence-corrected chi connectivity index (χ4v) is 3.81. The van der Waals surface area contributed by atoms with Crippen LogP contribution in [0.5, 0.6) is 0 Å². The normalized spacial score (nSPS) is 23.2. The smallest absolute Gasteiger partial charge is 0.191 e. The minimum absolute atomic E-state index is 0.114. The molecule has 2 atom stereocenters. The molecule has 1 aliphatic heterocycles. The Bertz CT molecular complexity index is 786. The highest BCUT2D eigenvalue weighted by Crippen LogP contribution is 2.41. The highest BCUT2D eigenvalue weighted by molar-refractivity contribution is 5.81. The van der Waals surface area contributed by atoms with Gasteiger partial charge in [-0.2, -0.15) is 0 Å². The van der Waals surface area contributed by atoms with Gasteiger partial charge in [0.25, 0.3) is 0 Å². The number of guanidine groups is 1. The van der Waals surface area contributed by atoms with Crippen molar-refractivity contribution in [2.75, 3.05) is 25.0 Å². The lowest BCUT2D eigenvalue weighted by atomic mass is 10.1. The Labute approximate surface area is 159 Å². The van der Waals surface area contributed by atoms with Crippen molar-refractivity contribution in [3.63, 3.8) is 0 Å². The van der Waals surface area contributed by atoms with Gasteiger partial charge < -0.3 is 15.5 Å². The van der Waals surface area contributed by atoms with Crippen LogP contribution in [0.15, 0.2) is 53.7 Å². The van der Waals surface area contributed by atoms with Crippen molar-refractivity contribution < 1.29 is 4.39 Å². The van der Waals surface area contributed by atoms with Crippen LogP contribution in [0.25, 0.3) is 0 Å². The average Bonchev–Trinajstić information content (AvgIpc) is 3.48. The maximum absolute atomic E-state index is 13.9. The van der Waals surface area contributed by atoms with Crippen molar-refractivity contribution in [3.8, 4) is 0 Å². The molecule has 27 heavy (non-hydrogen) atoms. The number of nitrogens with one attached hydrogen (secondary N) is 2. The highest BCUT2D eigenvalue weighted by Gasteiger charge is 2.40. The van der Waals surface area contributed by atoms with E-state index in [1.165, 1.54) is 6.07 Å². The number of aliphatic imine (C=N–C) groups is 1. The summed E-state index contributed by atoms with van der Waals surface area (Å²) in [5.74, 6) is 1.98. The van der Waals surface area contributed by atoms with Crippen molar-refractivity contribution in [2.24, 2.45) is 4.99 Å². The monoisotopic (exact) mass is 367 g/mol. The maximum Gasteiger partial charge on any atom is 0.191 e. The van der Waals surface area contributed by atoms with Gasteiger partial charge in [-0.25, -0.2) is 9.37 Å². The van der Waals surface area contributed by atoms with Crippen LogP contribution in [0.1, 0.15) is 30.7 Å². The van der Waals surface area contributed by atoms with E-state index in [2.05, 4.69) is 31.6 Å². The SMILES string of the molecule is CN=C(NC1CCN(c2ccccn2)CC1)NC1CC1c1ccccc1F. The summed E-state index contributed by atoms with van der Waals surface area (Å²) in [4.78, 5) is 11.1. The Kier molecular flexibility index (Phi) is 5.23. The van der Waals surface area contributed by atoms with Crippen molar-refractivity contribution in [3.05, 3.63) is 60.0 Å². The molecule has 142 valence electrons. The lowest BCUT2D eigenvalue weighted by molar-refractivity contribution is 0.459. The predicted octanol–water partition coefficient (Wildman–Crippen LogP) is 2.91. The summed E-state index contributed by atoms with van der Waals surface area (Å²) in [5, 5.41) is 6.99. The van der Waals surface area contributed by atoms with E-state index in [9.17, 15) is 4.39 Å². The molecule has 0 radical (unpaired) electrons. The summed E-state index contributed by atoms with van der Waals surface area (Å²) in [5.41, 5.74) is 0.800. The molecule has 1 aliphatic carbocycles. The number of pyridine rings is 1. The topological polar surface area (TPSA) is 52.6 Å². The second-order valence-electron chi connectivity index (χ2n) is 7.28. The number of halogens is 1. The van der Waals surface area contributed by atoms with Crippen LogP contribution >= 0.6 is 0 Å². The third kappa shape index (κ3) is 4.21. The molecule has 1 saturated heterocycles. The molecule has 2 heterocycles. The van der Waals surface area contributed by atoms with E-state index in [0.717, 1.165) is 49.7 Å². The molecule has 2 fully saturated rings. The van der Waals surface area contributed by atoms with Crippen LogP contribution in [0.3, 0.4) is 0 Å². The van der Waals surface area contributed by atoms with Crippen LogP contribution in [0.2, 0.25) is 0 Å². The van der Waals surface area contributed by atoms with E-state index < -0.39 is 0 Å². The minimum Gasteiger partial charge on any atom is -0.356 e. The molecule has 1 aromatic carbocycles. The summed E-state index contributed by atoms with van der Waals surface area (Å²) in [7, 11) is 1.79. The number of rotatable bonds is 4. The van der Waals surface area contributed by atoms with E-state index in [1.807, 2.05) is 30.5 Å². The molecule has 1 aromatic heterocycles. The Hall–Kier alpha value is -2.63. The molecule has 0 amide bonds. The molecule has 0 bridgehead atoms. The first-order valence-electron chi connectivity index (χ1n) is 9.65. The van der Waals surface area contributed by atoms with Gasteiger partial charge in [0.2, 0.25) is 0 Å². The van der Waals surface area contributed by atoms with Gasteiger partial charge in [0, 0.05) is 44.3 Å². The zero-order chi connectivity index (χ0) is 18.6. The predicted molar refractivity (Wildman–Crippen MR) is 107 cm³/mol. The van der Waals surface area contributed by atoms with E-state index in [4.69, 9.17) is 0 Å². The van der Waals surface area contributed by atoms with Crippen LogP contribution in [-0.2, 0) is 0 Å². The van der Waals surface area contributed by atoms with E-state index in [0.29, 0.717) is 6.04 Å². The fraction of sp³-hybridized carbons (Fsp3) is 0.429. The van der Waals surface area contributed by atoms with Crippen LogP contribution < -0.4 is 15.5 Å². The summed E-state index contributed by atoms with van der Waals surface area (Å²) in [6, 6.07) is 13.7. The van der Waals surface area contributed by atoms with Gasteiger partial charge in [-0.05, 0) is 43.0 Å². The van der Waals surface area contributed by atoms with Crippen molar-refractivity contribution in [2.45, 2.75) is 37.3 Å². The second-order valence-corrected chi connectivity index (χ2v) is 7.28. The Morgan fingerprint density at radius 2 is 1.89 bits per heavy atom. The van der Waals surface area contributed by atoms with Gasteiger partial charge in [-0.1, -0.05) is 24.3 Å². The van der Waals surface area contributed by atoms with Crippen LogP contribution in [-0.4, -0.2) is 43.2 Å². The molecule has 2 aromatic rings. The first-order chi connectivity index (χ1) is 13.2. The van der Waals surface area contributed by atoms with Gasteiger partial charge in [0.15, 0.2) is 5.96 Å². The fourth-order valence-electron chi connectivity index (χ4n) is 3.81. The summed E-state index contributed by atoms with van der Waals surface area (Å²) < 4.78 is 13.9. The number of anilines is 1. The van der Waals surface area contributed by atoms with Crippen LogP contribution in [0.4, 0.5) is 10.2 Å². The van der Waals surface area contributed by atoms with Gasteiger partial charge in [0.1, 0.15) is 11.6 Å². The standard InChI is InChI=1S/C21H26FN5/c1-23-21(26-19-14-17(19)16-6-2-3-7-18(16)22)25-15-9-12-27(13-10-15)20-8-4-5-11-24-20/h2-8,11,15,17,19H,9-10,12-14H2,1H3,(H2,23,25,26).